The van der Waals surface area contributed by atoms with Crippen molar-refractivity contribution in [2.24, 2.45) is 0 Å². The van der Waals surface area contributed by atoms with Crippen molar-refractivity contribution in [1.29, 1.82) is 0 Å². The van der Waals surface area contributed by atoms with Gasteiger partial charge in [-0.25, -0.2) is 4.98 Å². The Morgan fingerprint density at radius 3 is 2.89 bits per heavy atom. The van der Waals surface area contributed by atoms with E-state index in [2.05, 4.69) is 10.1 Å². The maximum Gasteiger partial charge on any atom is 0.137 e. The van der Waals surface area contributed by atoms with Gasteiger partial charge in [0.05, 0.1) is 22.7 Å². The minimum absolute atomic E-state index is 0.431. The fourth-order valence-electron chi connectivity index (χ4n) is 1.90. The monoisotopic (exact) mass is 299 g/mol. The number of aromatic nitrogens is 3. The molecule has 0 saturated heterocycles. The highest BCUT2D eigenvalue weighted by Crippen LogP contribution is 2.26. The Balaban J connectivity index is 1.78. The van der Waals surface area contributed by atoms with Crippen LogP contribution in [0.15, 0.2) is 30.9 Å². The predicted octanol–water partition coefficient (Wildman–Crippen LogP) is 2.97. The Kier molecular flexibility index (Phi) is 5.19. The van der Waals surface area contributed by atoms with Gasteiger partial charge in [0.2, 0.25) is 0 Å². The third-order valence-electron chi connectivity index (χ3n) is 2.88. The maximum absolute atomic E-state index is 9.88. The third kappa shape index (κ3) is 4.20. The van der Waals surface area contributed by atoms with Crippen LogP contribution in [-0.4, -0.2) is 26.0 Å². The standard InChI is InChI=1S/C13H15Cl2N3O/c14-12-6-2-4-10(13(12)15)3-1-5-11(19)7-18-9-16-8-17-18/h2,4,6,8-9,11,19H,1,3,5,7H2/t11-/m0/s1. The summed E-state index contributed by atoms with van der Waals surface area (Å²) in [6.45, 7) is 0.462. The van der Waals surface area contributed by atoms with Crippen molar-refractivity contribution in [3.05, 3.63) is 46.5 Å². The van der Waals surface area contributed by atoms with Crippen LogP contribution in [0.5, 0.6) is 0 Å². The molecule has 2 rings (SSSR count). The van der Waals surface area contributed by atoms with Crippen LogP contribution >= 0.6 is 23.2 Å². The first-order chi connectivity index (χ1) is 9.16. The van der Waals surface area contributed by atoms with E-state index in [1.54, 1.807) is 17.1 Å². The molecular formula is C13H15Cl2N3O. The average molecular weight is 300 g/mol. The van der Waals surface area contributed by atoms with E-state index < -0.39 is 6.10 Å². The number of nitrogens with zero attached hydrogens (tertiary/aromatic N) is 3. The van der Waals surface area contributed by atoms with Crippen molar-refractivity contribution in [2.75, 3.05) is 0 Å². The van der Waals surface area contributed by atoms with E-state index in [1.807, 2.05) is 12.1 Å². The van der Waals surface area contributed by atoms with E-state index in [1.165, 1.54) is 6.33 Å². The van der Waals surface area contributed by atoms with Crippen LogP contribution in [0.4, 0.5) is 0 Å². The molecule has 0 spiro atoms. The molecule has 1 heterocycles. The van der Waals surface area contributed by atoms with Crippen LogP contribution in [0.2, 0.25) is 10.0 Å². The number of hydrogen-bond acceptors (Lipinski definition) is 3. The van der Waals surface area contributed by atoms with E-state index >= 15 is 0 Å². The highest BCUT2D eigenvalue weighted by Gasteiger charge is 2.08. The minimum Gasteiger partial charge on any atom is -0.391 e. The molecule has 4 nitrogen and oxygen atoms in total. The second-order valence-electron chi connectivity index (χ2n) is 4.38. The first-order valence-corrected chi connectivity index (χ1v) is 6.86. The molecule has 0 amide bonds. The molecule has 0 bridgehead atoms. The largest absolute Gasteiger partial charge is 0.391 e. The van der Waals surface area contributed by atoms with Crippen LogP contribution in [-0.2, 0) is 13.0 Å². The van der Waals surface area contributed by atoms with E-state index in [9.17, 15) is 5.11 Å². The fourth-order valence-corrected chi connectivity index (χ4v) is 2.32. The van der Waals surface area contributed by atoms with Gasteiger partial charge in [-0.2, -0.15) is 5.10 Å². The molecule has 0 saturated carbocycles. The van der Waals surface area contributed by atoms with Gasteiger partial charge < -0.3 is 5.11 Å². The zero-order chi connectivity index (χ0) is 13.7. The molecular weight excluding hydrogens is 285 g/mol. The second-order valence-corrected chi connectivity index (χ2v) is 5.16. The number of halogens is 2. The van der Waals surface area contributed by atoms with E-state index in [0.29, 0.717) is 23.0 Å². The summed E-state index contributed by atoms with van der Waals surface area (Å²) >= 11 is 12.1. The molecule has 2 aromatic rings. The molecule has 19 heavy (non-hydrogen) atoms. The number of hydrogen-bond donors (Lipinski definition) is 1. The van der Waals surface area contributed by atoms with Crippen molar-refractivity contribution >= 4 is 23.2 Å². The number of rotatable bonds is 6. The molecule has 1 aromatic heterocycles. The quantitative estimate of drug-likeness (QED) is 0.892. The zero-order valence-electron chi connectivity index (χ0n) is 10.3. The van der Waals surface area contributed by atoms with Gasteiger partial charge in [0, 0.05) is 0 Å². The van der Waals surface area contributed by atoms with Crippen molar-refractivity contribution in [3.8, 4) is 0 Å². The number of benzene rings is 1. The second kappa shape index (κ2) is 6.89. The molecule has 1 N–H and O–H groups in total. The fraction of sp³-hybridized carbons (Fsp3) is 0.385. The highest BCUT2D eigenvalue weighted by atomic mass is 35.5. The Labute approximate surface area is 122 Å². The topological polar surface area (TPSA) is 50.9 Å². The lowest BCUT2D eigenvalue weighted by Crippen LogP contribution is -2.16. The Morgan fingerprint density at radius 2 is 2.16 bits per heavy atom. The van der Waals surface area contributed by atoms with Crippen LogP contribution in [0, 0.1) is 0 Å². The van der Waals surface area contributed by atoms with Crippen molar-refractivity contribution < 1.29 is 5.11 Å². The number of aliphatic hydroxyl groups excluding tert-OH is 1. The van der Waals surface area contributed by atoms with Crippen LogP contribution in [0.1, 0.15) is 18.4 Å². The van der Waals surface area contributed by atoms with Gasteiger partial charge >= 0.3 is 0 Å². The Hall–Kier alpha value is -1.10. The molecule has 6 heteroatoms. The van der Waals surface area contributed by atoms with Crippen LogP contribution in [0.3, 0.4) is 0 Å². The molecule has 0 aliphatic heterocycles. The summed E-state index contributed by atoms with van der Waals surface area (Å²) in [6, 6.07) is 5.61. The SMILES string of the molecule is O[C@@H](CCCc1cccc(Cl)c1Cl)Cn1cncn1. The first kappa shape index (κ1) is 14.3. The van der Waals surface area contributed by atoms with Gasteiger partial charge in [-0.05, 0) is 30.9 Å². The molecule has 102 valence electrons. The summed E-state index contributed by atoms with van der Waals surface area (Å²) in [4.78, 5) is 3.83. The van der Waals surface area contributed by atoms with Crippen LogP contribution in [0.25, 0.3) is 0 Å². The summed E-state index contributed by atoms with van der Waals surface area (Å²) in [5.41, 5.74) is 1.02. The summed E-state index contributed by atoms with van der Waals surface area (Å²) in [6.07, 6.45) is 4.95. The Bertz CT molecular complexity index is 517. The maximum atomic E-state index is 9.88. The molecule has 0 aliphatic carbocycles. The summed E-state index contributed by atoms with van der Waals surface area (Å²) < 4.78 is 1.62. The summed E-state index contributed by atoms with van der Waals surface area (Å²) in [5.74, 6) is 0. The lowest BCUT2D eigenvalue weighted by atomic mass is 10.1. The average Bonchev–Trinajstić information content (AvgIpc) is 2.87. The highest BCUT2D eigenvalue weighted by molar-refractivity contribution is 6.42. The molecule has 1 aromatic carbocycles. The molecule has 1 atom stereocenters. The molecule has 0 aliphatic rings. The number of aliphatic hydroxyl groups is 1. The van der Waals surface area contributed by atoms with Gasteiger partial charge in [0.25, 0.3) is 0 Å². The van der Waals surface area contributed by atoms with Gasteiger partial charge in [0.15, 0.2) is 0 Å². The zero-order valence-corrected chi connectivity index (χ0v) is 11.8. The van der Waals surface area contributed by atoms with Gasteiger partial charge in [-0.3, -0.25) is 4.68 Å². The van der Waals surface area contributed by atoms with E-state index in [0.717, 1.165) is 18.4 Å². The van der Waals surface area contributed by atoms with Crippen molar-refractivity contribution in [2.45, 2.75) is 31.9 Å². The Morgan fingerprint density at radius 1 is 1.32 bits per heavy atom. The molecule has 0 fully saturated rings. The van der Waals surface area contributed by atoms with E-state index in [4.69, 9.17) is 23.2 Å². The van der Waals surface area contributed by atoms with Gasteiger partial charge in [-0.15, -0.1) is 0 Å². The van der Waals surface area contributed by atoms with Crippen molar-refractivity contribution in [3.63, 3.8) is 0 Å². The molecule has 0 radical (unpaired) electrons. The summed E-state index contributed by atoms with van der Waals surface area (Å²) in [7, 11) is 0. The molecule has 0 unspecified atom stereocenters. The van der Waals surface area contributed by atoms with Gasteiger partial charge in [0.1, 0.15) is 12.7 Å². The first-order valence-electron chi connectivity index (χ1n) is 6.10. The summed E-state index contributed by atoms with van der Waals surface area (Å²) in [5, 5.41) is 15.0. The van der Waals surface area contributed by atoms with Crippen LogP contribution < -0.4 is 0 Å². The predicted molar refractivity (Wildman–Crippen MR) is 75.4 cm³/mol. The van der Waals surface area contributed by atoms with E-state index in [-0.39, 0.29) is 0 Å². The normalized spacial score (nSPS) is 12.6. The lowest BCUT2D eigenvalue weighted by Gasteiger charge is -2.11. The lowest BCUT2D eigenvalue weighted by molar-refractivity contribution is 0.137. The van der Waals surface area contributed by atoms with Crippen molar-refractivity contribution in [1.82, 2.24) is 14.8 Å². The number of aryl methyl sites for hydroxylation is 1. The van der Waals surface area contributed by atoms with Gasteiger partial charge in [-0.1, -0.05) is 35.3 Å². The minimum atomic E-state index is -0.431. The third-order valence-corrected chi connectivity index (χ3v) is 3.74. The smallest absolute Gasteiger partial charge is 0.137 e.